The molecule has 0 amide bonds. The van der Waals surface area contributed by atoms with Gasteiger partial charge in [-0.1, -0.05) is 442 Å². The normalized spacial score (nSPS) is 5.33. The molecule has 0 saturated carbocycles. The number of imidazole rings is 1. The third kappa shape index (κ3) is 438. The average molecular weight is 1930 g/mol. The number of halogens is 2. The number of pyridine rings is 1. The predicted octanol–water partition coefficient (Wildman–Crippen LogP) is 37.9. The fraction of sp³-hybridized carbons (Fsp3) is 0.562. The third-order valence-corrected chi connectivity index (χ3v) is 7.05. The molecule has 12 aromatic rings. The standard InChI is InChI=1S/C6H6.C5H5N.C4H5N.C4H4O.C4H4S.C3H4N2.2C3H3NO.2C3H3NS.C2H2N2O.C2H2N2S.24C2H6.6CH4.B.FH.HI.K.2H2.H/c2*1-2-4-6-5-3-1;3*1-2-4-5-3-1;2*1-2-5-3-4-1;1-2-4-5-3-1;1-2-5-3-4-1;1-2-4-5-3-1;2*1-3-2-5-4-1;24*1-2;;;;;;;;;;;;;/h1-6H;1-5H;1-5H;2*1-4H;1-3H,(H,4,5);4*1-3H;2*1-2H;24*1-2H3;6*1H4;;2*1H;;2*1H;/q;;;;;;;;;;;;;;;;;;;;;;;;;;;;;;;;;;;;;;;;;;;;;+1;;;-1/i;;;;;;;;;;;;;;;;;;;;;;;;;;;;;;;;;;;;;;;;;;;;;;1+1;;. The molecule has 11 heterocycles. The summed E-state index contributed by atoms with van der Waals surface area (Å²) in [6, 6.07) is 32.9. The Morgan fingerprint density at radius 1 is 0.267 bits per heavy atom. The zero-order valence-electron chi connectivity index (χ0n) is 84.4. The monoisotopic (exact) mass is 1930 g/mol. The van der Waals surface area contributed by atoms with Crippen molar-refractivity contribution in [3.8, 4) is 0 Å². The van der Waals surface area contributed by atoms with E-state index in [-0.39, 0.29) is 137 Å². The molecule has 11 aromatic heterocycles. The van der Waals surface area contributed by atoms with E-state index in [2.05, 4.69) is 76.8 Å². The Balaban J connectivity index is -0.0000000178. The predicted molar refractivity (Wildman–Crippen MR) is 586 cm³/mol. The minimum absolute atomic E-state index is 0. The minimum atomic E-state index is 0. The Labute approximate surface area is 838 Å². The van der Waals surface area contributed by atoms with Crippen molar-refractivity contribution >= 4 is 78.1 Å². The molecule has 120 heavy (non-hydrogen) atoms. The topological polar surface area (TPSA) is 213 Å². The van der Waals surface area contributed by atoms with Crippen molar-refractivity contribution in [1.29, 1.82) is 0 Å². The van der Waals surface area contributed by atoms with Crippen molar-refractivity contribution in [2.45, 2.75) is 377 Å². The Morgan fingerprint density at radius 3 is 0.767 bits per heavy atom. The zero-order chi connectivity index (χ0) is 91.8. The molecule has 729 valence electrons. The first-order valence-corrected chi connectivity index (χ1v) is 45.1. The van der Waals surface area contributed by atoms with Crippen LogP contribution in [0, 0.1) is 0 Å². The first kappa shape index (κ1) is 228. The number of benzene rings is 1. The molecule has 0 unspecified atom stereocenters. The first-order chi connectivity index (χ1) is 55.0. The Kier molecular flexibility index (Phi) is 853. The van der Waals surface area contributed by atoms with Crippen LogP contribution in [0.5, 0.6) is 0 Å². The number of hydrogen-bond acceptors (Lipinski definition) is 18. The quantitative estimate of drug-likeness (QED) is 0.107. The molecular formula is C96H219BFIKN12O4S4. The molecule has 0 spiro atoms. The summed E-state index contributed by atoms with van der Waals surface area (Å²) in [6.45, 7) is 96.0. The van der Waals surface area contributed by atoms with E-state index in [0.717, 1.165) is 0 Å². The van der Waals surface area contributed by atoms with E-state index in [1.54, 1.807) is 108 Å². The number of aromatic nitrogens is 12. The zero-order valence-corrected chi connectivity index (χ0v) is 92.1. The molecule has 3 radical (unpaired) electrons. The van der Waals surface area contributed by atoms with Gasteiger partial charge in [0.05, 0.1) is 36.8 Å². The SMILES string of the molecule is C.C.C.C.C.C.CC.CC.CC.CC.CC.CC.CC.CC.CC.CC.CC.CC.CC.CC.CC.CC.CC.CC.CC.CC.CC.CC.CC.CC.F.I.[2HH].[B].[H-].[HH].[K+].c1c[nH]cn1.c1cc[nH]c1.c1ccccc1.c1ccncc1.c1ccoc1.c1ccsc1.c1cnoc1.c1cnsc1.c1cocn1.c1cscn1.c1ncon1.c1ncsn1. The maximum atomic E-state index is 4.58. The number of nitrogens with zero attached hydrogens (tertiary/aromatic N) is 10. The Hall–Kier alpha value is -5.42. The number of thiophene rings is 1. The van der Waals surface area contributed by atoms with Crippen molar-refractivity contribution in [2.24, 2.45) is 0 Å². The number of nitrogens with one attached hydrogen (secondary N) is 2. The molecule has 0 saturated heterocycles. The fourth-order valence-corrected chi connectivity index (χ4v) is 4.05. The summed E-state index contributed by atoms with van der Waals surface area (Å²) in [5.74, 6) is 0. The summed E-state index contributed by atoms with van der Waals surface area (Å²) in [7, 11) is 0. The molecule has 0 aliphatic heterocycles. The maximum Gasteiger partial charge on any atom is 1.00 e. The molecule has 0 fully saturated rings. The third-order valence-electron chi connectivity index (χ3n) is 4.94. The van der Waals surface area contributed by atoms with Gasteiger partial charge >= 0.3 is 51.4 Å². The van der Waals surface area contributed by atoms with Crippen LogP contribution in [0.4, 0.5) is 4.70 Å². The molecule has 0 aliphatic carbocycles. The van der Waals surface area contributed by atoms with E-state index in [4.69, 9.17) is 0 Å². The maximum absolute atomic E-state index is 4.58. The van der Waals surface area contributed by atoms with Crippen molar-refractivity contribution in [2.75, 3.05) is 0 Å². The van der Waals surface area contributed by atoms with Gasteiger partial charge in [-0.2, -0.15) is 15.7 Å². The summed E-state index contributed by atoms with van der Waals surface area (Å²) in [5, 5.41) is 14.5. The summed E-state index contributed by atoms with van der Waals surface area (Å²) in [5.41, 5.74) is 3.47. The van der Waals surface area contributed by atoms with Gasteiger partial charge in [0.2, 0.25) is 6.39 Å². The van der Waals surface area contributed by atoms with E-state index >= 15 is 0 Å². The molecule has 2 N–H and O–H groups in total. The first-order valence-electron chi connectivity index (χ1n) is 41.5. The van der Waals surface area contributed by atoms with Gasteiger partial charge in [0.15, 0.2) is 12.7 Å². The summed E-state index contributed by atoms with van der Waals surface area (Å²) in [6.07, 6.45) is 30.8. The number of hydrogen-bond donors (Lipinski definition) is 2. The second-order valence-corrected chi connectivity index (χ2v) is 12.2. The van der Waals surface area contributed by atoms with Crippen molar-refractivity contribution in [3.05, 3.63) is 254 Å². The van der Waals surface area contributed by atoms with Crippen LogP contribution in [0.25, 0.3) is 0 Å². The molecule has 1 aromatic carbocycles. The van der Waals surface area contributed by atoms with Crippen LogP contribution in [-0.4, -0.2) is 67.3 Å². The van der Waals surface area contributed by atoms with Gasteiger partial charge in [0.1, 0.15) is 24.4 Å². The van der Waals surface area contributed by atoms with Crippen LogP contribution >= 0.6 is 69.7 Å². The van der Waals surface area contributed by atoms with Crippen LogP contribution in [0.3, 0.4) is 0 Å². The summed E-state index contributed by atoms with van der Waals surface area (Å²) in [4.78, 5) is 27.4. The van der Waals surface area contributed by atoms with Gasteiger partial charge in [-0.15, -0.1) is 35.3 Å². The van der Waals surface area contributed by atoms with Crippen LogP contribution in [0.2, 0.25) is 0 Å². The van der Waals surface area contributed by atoms with E-state index < -0.39 is 0 Å². The van der Waals surface area contributed by atoms with E-state index in [1.165, 1.54) is 61.0 Å². The van der Waals surface area contributed by atoms with Gasteiger partial charge in [0.25, 0.3) is 0 Å². The Bertz CT molecular complexity index is 1570. The number of thiazole rings is 1. The Morgan fingerprint density at radius 2 is 0.667 bits per heavy atom. The van der Waals surface area contributed by atoms with Crippen LogP contribution in [0.15, 0.2) is 272 Å². The number of rotatable bonds is 0. The number of H-pyrrole nitrogens is 2. The van der Waals surface area contributed by atoms with E-state index in [1.807, 2.05) is 463 Å². The number of oxazole rings is 1. The fourth-order valence-electron chi connectivity index (χ4n) is 2.62. The molecule has 0 atom stereocenters. The molecule has 16 nitrogen and oxygen atoms in total. The van der Waals surface area contributed by atoms with Crippen molar-refractivity contribution < 1.29 is 78.2 Å². The molecular weight excluding hydrogens is 1710 g/mol. The van der Waals surface area contributed by atoms with Gasteiger partial charge in [-0.25, -0.2) is 24.3 Å². The van der Waals surface area contributed by atoms with Gasteiger partial charge in [-0.3, -0.25) is 14.7 Å². The summed E-state index contributed by atoms with van der Waals surface area (Å²) >= 11 is 6.13. The second kappa shape index (κ2) is 450. The van der Waals surface area contributed by atoms with Crippen LogP contribution < -0.4 is 51.4 Å². The van der Waals surface area contributed by atoms with Crippen molar-refractivity contribution in [1.82, 2.24) is 58.9 Å². The van der Waals surface area contributed by atoms with E-state index in [0.29, 0.717) is 0 Å². The smallest absolute Gasteiger partial charge is 1.00 e. The van der Waals surface area contributed by atoms with Crippen LogP contribution in [-0.2, 0) is 0 Å². The van der Waals surface area contributed by atoms with Gasteiger partial charge in [0, 0.05) is 71.6 Å². The molecule has 12 rings (SSSR count). The van der Waals surface area contributed by atoms with E-state index in [9.17, 15) is 0 Å². The number of furan rings is 1. The van der Waals surface area contributed by atoms with Crippen LogP contribution in [0.1, 0.15) is 381 Å². The van der Waals surface area contributed by atoms with Gasteiger partial charge < -0.3 is 29.3 Å². The second-order valence-electron chi connectivity index (χ2n) is 9.30. The number of aromatic amines is 2. The molecule has 0 aliphatic rings. The van der Waals surface area contributed by atoms with Gasteiger partial charge in [-0.05, 0) is 82.4 Å². The average Bonchev–Trinajstić information content (AvgIpc) is 2.03. The van der Waals surface area contributed by atoms with Crippen molar-refractivity contribution in [3.63, 3.8) is 0 Å². The summed E-state index contributed by atoms with van der Waals surface area (Å²) < 4.78 is 25.0. The molecule has 0 bridgehead atoms. The largest absolute Gasteiger partial charge is 1.00 e. The minimum Gasteiger partial charge on any atom is -1.00 e. The molecule has 24 heteroatoms.